The van der Waals surface area contributed by atoms with E-state index in [9.17, 15) is 4.79 Å². The van der Waals surface area contributed by atoms with Gasteiger partial charge in [0, 0.05) is 25.7 Å². The van der Waals surface area contributed by atoms with Crippen LogP contribution in [-0.2, 0) is 11.3 Å². The molecule has 0 aliphatic carbocycles. The number of hydrogen-bond acceptors (Lipinski definition) is 2. The van der Waals surface area contributed by atoms with Crippen molar-refractivity contribution in [2.24, 2.45) is 0 Å². The molecule has 0 aromatic heterocycles. The van der Waals surface area contributed by atoms with Crippen LogP contribution in [0.2, 0.25) is 0 Å². The van der Waals surface area contributed by atoms with Gasteiger partial charge < -0.3 is 14.5 Å². The van der Waals surface area contributed by atoms with Gasteiger partial charge >= 0.3 is 6.03 Å². The van der Waals surface area contributed by atoms with E-state index in [2.05, 4.69) is 26.0 Å². The lowest BCUT2D eigenvalue weighted by Gasteiger charge is -2.35. The van der Waals surface area contributed by atoms with Crippen LogP contribution in [0.15, 0.2) is 30.3 Å². The first-order valence-corrected chi connectivity index (χ1v) is 6.85. The Labute approximate surface area is 115 Å². The topological polar surface area (TPSA) is 32.8 Å². The van der Waals surface area contributed by atoms with Crippen molar-refractivity contribution in [3.05, 3.63) is 35.9 Å². The predicted molar refractivity (Wildman–Crippen MR) is 74.9 cm³/mol. The number of urea groups is 1. The van der Waals surface area contributed by atoms with Crippen molar-refractivity contribution >= 4 is 6.03 Å². The van der Waals surface area contributed by atoms with E-state index in [1.54, 1.807) is 0 Å². The van der Waals surface area contributed by atoms with Crippen LogP contribution in [0.3, 0.4) is 0 Å². The zero-order chi connectivity index (χ0) is 13.7. The van der Waals surface area contributed by atoms with E-state index < -0.39 is 0 Å². The lowest BCUT2D eigenvalue weighted by Crippen LogP contribution is -2.50. The van der Waals surface area contributed by atoms with E-state index in [0.717, 1.165) is 5.56 Å². The Morgan fingerprint density at radius 3 is 2.47 bits per heavy atom. The molecular weight excluding hydrogens is 240 g/mol. The number of nitrogens with zero attached hydrogens (tertiary/aromatic N) is 2. The van der Waals surface area contributed by atoms with Crippen LogP contribution in [0.4, 0.5) is 4.79 Å². The summed E-state index contributed by atoms with van der Waals surface area (Å²) in [7, 11) is 0. The summed E-state index contributed by atoms with van der Waals surface area (Å²) < 4.78 is 5.30. The van der Waals surface area contributed by atoms with Gasteiger partial charge in [0.15, 0.2) is 0 Å². The third-order valence-corrected chi connectivity index (χ3v) is 3.35. The number of ether oxygens (including phenoxy) is 1. The van der Waals surface area contributed by atoms with E-state index in [1.807, 2.05) is 28.0 Å². The second-order valence-electron chi connectivity index (χ2n) is 5.09. The van der Waals surface area contributed by atoms with Crippen LogP contribution in [0.25, 0.3) is 0 Å². The first-order valence-electron chi connectivity index (χ1n) is 6.85. The number of carbonyl (C=O) groups excluding carboxylic acids is 1. The smallest absolute Gasteiger partial charge is 0.320 e. The monoisotopic (exact) mass is 262 g/mol. The Kier molecular flexibility index (Phi) is 4.80. The number of carbonyl (C=O) groups is 1. The van der Waals surface area contributed by atoms with E-state index in [0.29, 0.717) is 32.8 Å². The molecule has 4 nitrogen and oxygen atoms in total. The Morgan fingerprint density at radius 2 is 1.89 bits per heavy atom. The molecule has 1 aliphatic rings. The summed E-state index contributed by atoms with van der Waals surface area (Å²) in [6, 6.07) is 10.4. The van der Waals surface area contributed by atoms with Crippen molar-refractivity contribution in [2.45, 2.75) is 26.4 Å². The fraction of sp³-hybridized carbons (Fsp3) is 0.533. The van der Waals surface area contributed by atoms with Gasteiger partial charge in [0.25, 0.3) is 0 Å². The highest BCUT2D eigenvalue weighted by Crippen LogP contribution is 2.12. The molecule has 0 N–H and O–H groups in total. The number of amides is 2. The Balaban J connectivity index is 2.04. The maximum Gasteiger partial charge on any atom is 0.320 e. The molecule has 2 rings (SSSR count). The first-order chi connectivity index (χ1) is 9.18. The fourth-order valence-electron chi connectivity index (χ4n) is 2.19. The molecule has 1 saturated heterocycles. The average molecular weight is 262 g/mol. The second-order valence-corrected chi connectivity index (χ2v) is 5.09. The molecule has 1 aromatic rings. The van der Waals surface area contributed by atoms with Crippen molar-refractivity contribution in [3.63, 3.8) is 0 Å². The zero-order valence-electron chi connectivity index (χ0n) is 11.7. The van der Waals surface area contributed by atoms with Crippen molar-refractivity contribution in [3.8, 4) is 0 Å². The molecule has 0 radical (unpaired) electrons. The standard InChI is InChI=1S/C15H22N2O2/c1-13(2)17(12-14-6-4-3-5-7-14)15(18)16-8-10-19-11-9-16/h3-7,13H,8-12H2,1-2H3. The maximum atomic E-state index is 12.5. The molecule has 0 spiro atoms. The second kappa shape index (κ2) is 6.57. The number of hydrogen-bond donors (Lipinski definition) is 0. The number of morpholine rings is 1. The van der Waals surface area contributed by atoms with Crippen LogP contribution < -0.4 is 0 Å². The van der Waals surface area contributed by atoms with Gasteiger partial charge in [-0.15, -0.1) is 0 Å². The lowest BCUT2D eigenvalue weighted by atomic mass is 10.2. The number of benzene rings is 1. The molecule has 4 heteroatoms. The Hall–Kier alpha value is -1.55. The lowest BCUT2D eigenvalue weighted by molar-refractivity contribution is 0.0397. The van der Waals surface area contributed by atoms with Crippen molar-refractivity contribution in [2.75, 3.05) is 26.3 Å². The Morgan fingerprint density at radius 1 is 1.26 bits per heavy atom. The molecule has 1 fully saturated rings. The summed E-state index contributed by atoms with van der Waals surface area (Å²) in [5.41, 5.74) is 1.16. The van der Waals surface area contributed by atoms with Gasteiger partial charge in [-0.05, 0) is 19.4 Å². The molecule has 0 bridgehead atoms. The van der Waals surface area contributed by atoms with Crippen molar-refractivity contribution in [1.29, 1.82) is 0 Å². The van der Waals surface area contributed by atoms with E-state index >= 15 is 0 Å². The molecule has 0 unspecified atom stereocenters. The summed E-state index contributed by atoms with van der Waals surface area (Å²) >= 11 is 0. The minimum absolute atomic E-state index is 0.113. The molecule has 0 atom stereocenters. The summed E-state index contributed by atoms with van der Waals surface area (Å²) in [5.74, 6) is 0. The molecular formula is C15H22N2O2. The van der Waals surface area contributed by atoms with Gasteiger partial charge in [-0.2, -0.15) is 0 Å². The largest absolute Gasteiger partial charge is 0.378 e. The van der Waals surface area contributed by atoms with Crippen LogP contribution in [0.5, 0.6) is 0 Å². The van der Waals surface area contributed by atoms with E-state index in [4.69, 9.17) is 4.74 Å². The molecule has 1 aliphatic heterocycles. The summed E-state index contributed by atoms with van der Waals surface area (Å²) in [5, 5.41) is 0. The molecule has 1 aromatic carbocycles. The predicted octanol–water partition coefficient (Wildman–Crippen LogP) is 2.35. The summed E-state index contributed by atoms with van der Waals surface area (Å²) in [6.45, 7) is 7.44. The Bertz CT molecular complexity index is 400. The SMILES string of the molecule is CC(C)N(Cc1ccccc1)C(=O)N1CCOCC1. The van der Waals surface area contributed by atoms with Gasteiger partial charge in [-0.1, -0.05) is 30.3 Å². The maximum absolute atomic E-state index is 12.5. The van der Waals surface area contributed by atoms with E-state index in [-0.39, 0.29) is 12.1 Å². The zero-order valence-corrected chi connectivity index (χ0v) is 11.7. The molecule has 1 heterocycles. The van der Waals surface area contributed by atoms with Gasteiger partial charge in [-0.25, -0.2) is 4.79 Å². The molecule has 0 saturated carbocycles. The van der Waals surface area contributed by atoms with Crippen LogP contribution in [-0.4, -0.2) is 48.2 Å². The van der Waals surface area contributed by atoms with Crippen molar-refractivity contribution < 1.29 is 9.53 Å². The molecule has 19 heavy (non-hydrogen) atoms. The molecule has 104 valence electrons. The number of rotatable bonds is 3. The fourth-order valence-corrected chi connectivity index (χ4v) is 2.19. The van der Waals surface area contributed by atoms with Crippen molar-refractivity contribution in [1.82, 2.24) is 9.80 Å². The van der Waals surface area contributed by atoms with E-state index in [1.165, 1.54) is 0 Å². The molecule has 2 amide bonds. The van der Waals surface area contributed by atoms with Gasteiger partial charge in [0.1, 0.15) is 0 Å². The highest BCUT2D eigenvalue weighted by atomic mass is 16.5. The average Bonchev–Trinajstić information content (AvgIpc) is 2.46. The highest BCUT2D eigenvalue weighted by Gasteiger charge is 2.24. The van der Waals surface area contributed by atoms with Crippen LogP contribution >= 0.6 is 0 Å². The normalized spacial score (nSPS) is 15.6. The van der Waals surface area contributed by atoms with Crippen LogP contribution in [0.1, 0.15) is 19.4 Å². The first kappa shape index (κ1) is 13.9. The highest BCUT2D eigenvalue weighted by molar-refractivity contribution is 5.74. The minimum Gasteiger partial charge on any atom is -0.378 e. The van der Waals surface area contributed by atoms with Gasteiger partial charge in [-0.3, -0.25) is 0 Å². The van der Waals surface area contributed by atoms with Crippen LogP contribution in [0, 0.1) is 0 Å². The minimum atomic E-state index is 0.113. The summed E-state index contributed by atoms with van der Waals surface area (Å²) in [6.07, 6.45) is 0. The third-order valence-electron chi connectivity index (χ3n) is 3.35. The third kappa shape index (κ3) is 3.70. The summed E-state index contributed by atoms with van der Waals surface area (Å²) in [4.78, 5) is 16.3. The van der Waals surface area contributed by atoms with Gasteiger partial charge in [0.2, 0.25) is 0 Å². The quantitative estimate of drug-likeness (QED) is 0.837. The van der Waals surface area contributed by atoms with Gasteiger partial charge in [0.05, 0.1) is 13.2 Å².